The quantitative estimate of drug-likeness (QED) is 0.602. The number of rotatable bonds is 3. The van der Waals surface area contributed by atoms with E-state index in [-0.39, 0.29) is 5.25 Å². The standard InChI is InChI=1S/C5H8B2FO2S/c6-7-10-2-3-1-4(8)5(9)11-3/h3-5,9H,1-2H2/t3-,4-,5?/m0/s1. The molecule has 0 aromatic heterocycles. The minimum atomic E-state index is -1.12. The van der Waals surface area contributed by atoms with Crippen LogP contribution in [0.4, 0.5) is 4.39 Å². The Bertz CT molecular complexity index is 138. The van der Waals surface area contributed by atoms with Crippen LogP contribution in [0, 0.1) is 0 Å². The number of hydrogen-bond acceptors (Lipinski definition) is 3. The van der Waals surface area contributed by atoms with Crippen molar-refractivity contribution < 1.29 is 14.2 Å². The van der Waals surface area contributed by atoms with Crippen molar-refractivity contribution in [3.8, 4) is 0 Å². The molecule has 0 saturated carbocycles. The summed E-state index contributed by atoms with van der Waals surface area (Å²) in [5.41, 5.74) is -0.888. The van der Waals surface area contributed by atoms with Gasteiger partial charge in [-0.1, -0.05) is 0 Å². The molecule has 0 aromatic rings. The van der Waals surface area contributed by atoms with Crippen LogP contribution in [0.15, 0.2) is 0 Å². The zero-order chi connectivity index (χ0) is 8.27. The Morgan fingerprint density at radius 1 is 1.82 bits per heavy atom. The third-order valence-corrected chi connectivity index (χ3v) is 2.80. The Balaban J connectivity index is 2.23. The van der Waals surface area contributed by atoms with Gasteiger partial charge in [-0.05, 0) is 0 Å². The van der Waals surface area contributed by atoms with Crippen molar-refractivity contribution in [3.63, 3.8) is 0 Å². The molecule has 1 radical (unpaired) electrons. The Hall–Kier alpha value is 0.170. The molecular weight excluding hydrogens is 165 g/mol. The van der Waals surface area contributed by atoms with Gasteiger partial charge in [0.2, 0.25) is 0 Å². The first-order valence-corrected chi connectivity index (χ1v) is 4.31. The molecule has 0 spiro atoms. The van der Waals surface area contributed by atoms with Gasteiger partial charge in [0.1, 0.15) is 0 Å². The van der Waals surface area contributed by atoms with E-state index < -0.39 is 11.6 Å². The van der Waals surface area contributed by atoms with Crippen molar-refractivity contribution in [3.05, 3.63) is 0 Å². The Kier molecular flexibility index (Phi) is 3.59. The Labute approximate surface area is 70.8 Å². The van der Waals surface area contributed by atoms with E-state index in [9.17, 15) is 4.39 Å². The number of aliphatic hydroxyl groups excluding tert-OH is 1. The second-order valence-electron chi connectivity index (χ2n) is 2.37. The average Bonchev–Trinajstić information content (AvgIpc) is 2.28. The van der Waals surface area contributed by atoms with Crippen LogP contribution in [0.25, 0.3) is 0 Å². The summed E-state index contributed by atoms with van der Waals surface area (Å²) in [6, 6.07) is 0. The Morgan fingerprint density at radius 2 is 2.55 bits per heavy atom. The summed E-state index contributed by atoms with van der Waals surface area (Å²) in [6.45, 7) is 0.374. The van der Waals surface area contributed by atoms with Gasteiger partial charge in [-0.25, -0.2) is 0 Å². The molecule has 1 aliphatic heterocycles. The summed E-state index contributed by atoms with van der Waals surface area (Å²) in [5.74, 6) is 0. The van der Waals surface area contributed by atoms with Crippen LogP contribution in [-0.4, -0.2) is 42.9 Å². The van der Waals surface area contributed by atoms with Crippen LogP contribution in [0.2, 0.25) is 0 Å². The zero-order valence-electron chi connectivity index (χ0n) is 5.94. The van der Waals surface area contributed by atoms with Crippen LogP contribution in [0.3, 0.4) is 0 Å². The maximum atomic E-state index is 12.6. The molecule has 0 amide bonds. The molecule has 11 heavy (non-hydrogen) atoms. The van der Waals surface area contributed by atoms with Crippen LogP contribution in [-0.2, 0) is 4.65 Å². The molecule has 3 atom stereocenters. The van der Waals surface area contributed by atoms with Gasteiger partial charge in [0.15, 0.2) is 0 Å². The molecule has 1 fully saturated rings. The maximum absolute atomic E-state index is 12.6. The second-order valence-corrected chi connectivity index (χ2v) is 3.79. The summed E-state index contributed by atoms with van der Waals surface area (Å²) in [5, 5.41) is 8.99. The Morgan fingerprint density at radius 3 is 3.00 bits per heavy atom. The molecule has 6 heteroatoms. The minimum absolute atomic E-state index is 0.0276. The predicted molar refractivity (Wildman–Crippen MR) is 44.4 cm³/mol. The summed E-state index contributed by atoms with van der Waals surface area (Å²) >= 11 is 1.19. The molecule has 0 aromatic carbocycles. The van der Waals surface area contributed by atoms with E-state index in [1.165, 1.54) is 11.8 Å². The third-order valence-electron chi connectivity index (χ3n) is 1.51. The number of thioether (sulfide) groups is 1. The monoisotopic (exact) mass is 173 g/mol. The van der Waals surface area contributed by atoms with Gasteiger partial charge in [0, 0.05) is 0 Å². The normalized spacial score (nSPS) is 36.6. The van der Waals surface area contributed by atoms with Gasteiger partial charge in [-0.3, -0.25) is 0 Å². The van der Waals surface area contributed by atoms with Crippen molar-refractivity contribution >= 4 is 26.1 Å². The van der Waals surface area contributed by atoms with Crippen molar-refractivity contribution in [1.82, 2.24) is 0 Å². The van der Waals surface area contributed by atoms with Crippen LogP contribution >= 0.6 is 11.8 Å². The SMILES string of the molecule is [B]=BOC[C@@H]1C[C@H](F)C(O)S1. The molecule has 1 N–H and O–H groups in total. The van der Waals surface area contributed by atoms with Gasteiger partial charge in [0.05, 0.1) is 0 Å². The van der Waals surface area contributed by atoms with E-state index in [1.54, 1.807) is 0 Å². The summed E-state index contributed by atoms with van der Waals surface area (Å²) in [4.78, 5) is 0. The number of aliphatic hydroxyl groups is 1. The van der Waals surface area contributed by atoms with Gasteiger partial charge >= 0.3 is 70.2 Å². The van der Waals surface area contributed by atoms with Crippen molar-refractivity contribution in [2.24, 2.45) is 0 Å². The first kappa shape index (κ1) is 9.26. The summed E-state index contributed by atoms with van der Waals surface area (Å²) in [7, 11) is 6.05. The van der Waals surface area contributed by atoms with E-state index in [0.29, 0.717) is 13.0 Å². The molecule has 59 valence electrons. The fraction of sp³-hybridized carbons (Fsp3) is 1.00. The average molecular weight is 173 g/mol. The van der Waals surface area contributed by atoms with Gasteiger partial charge in [0.25, 0.3) is 0 Å². The van der Waals surface area contributed by atoms with E-state index in [2.05, 4.69) is 0 Å². The molecule has 1 unspecified atom stereocenters. The van der Waals surface area contributed by atoms with Crippen molar-refractivity contribution in [1.29, 1.82) is 0 Å². The fourth-order valence-corrected chi connectivity index (χ4v) is 2.10. The van der Waals surface area contributed by atoms with E-state index in [0.717, 1.165) is 7.00 Å². The van der Waals surface area contributed by atoms with Crippen molar-refractivity contribution in [2.75, 3.05) is 6.61 Å². The first-order chi connectivity index (χ1) is 5.24. The summed E-state index contributed by atoms with van der Waals surface area (Å²) in [6.07, 6.45) is -0.772. The van der Waals surface area contributed by atoms with Gasteiger partial charge < -0.3 is 0 Å². The number of halogens is 1. The zero-order valence-corrected chi connectivity index (χ0v) is 6.76. The van der Waals surface area contributed by atoms with E-state index >= 15 is 0 Å². The van der Waals surface area contributed by atoms with Crippen LogP contribution < -0.4 is 0 Å². The van der Waals surface area contributed by atoms with Gasteiger partial charge in [-0.15, -0.1) is 0 Å². The molecule has 1 saturated heterocycles. The summed E-state index contributed by atoms with van der Waals surface area (Å²) < 4.78 is 17.4. The topological polar surface area (TPSA) is 29.5 Å². The molecule has 0 aliphatic carbocycles. The molecule has 1 aliphatic rings. The molecule has 1 heterocycles. The van der Waals surface area contributed by atoms with Crippen LogP contribution in [0.5, 0.6) is 0 Å². The van der Waals surface area contributed by atoms with Crippen molar-refractivity contribution in [2.45, 2.75) is 23.3 Å². The third kappa shape index (κ3) is 2.60. The van der Waals surface area contributed by atoms with Gasteiger partial charge in [-0.2, -0.15) is 0 Å². The molecule has 0 bridgehead atoms. The second kappa shape index (κ2) is 4.26. The predicted octanol–water partition coefficient (Wildman–Crippen LogP) is -0.132. The van der Waals surface area contributed by atoms with Crippen LogP contribution in [0.1, 0.15) is 6.42 Å². The van der Waals surface area contributed by atoms with E-state index in [4.69, 9.17) is 17.1 Å². The van der Waals surface area contributed by atoms with E-state index in [1.807, 2.05) is 0 Å². The molecular formula is C5H8B2FO2S. The fourth-order valence-electron chi connectivity index (χ4n) is 0.976. The molecule has 1 rings (SSSR count). The number of alkyl halides is 1. The number of hydrogen-bond donors (Lipinski definition) is 1. The first-order valence-electron chi connectivity index (χ1n) is 3.36. The molecule has 2 nitrogen and oxygen atoms in total.